The molecule has 2 aliphatic rings. The zero-order valence-electron chi connectivity index (χ0n) is 11.9. The molecule has 2 heterocycles. The van der Waals surface area contributed by atoms with Gasteiger partial charge >= 0.3 is 0 Å². The summed E-state index contributed by atoms with van der Waals surface area (Å²) < 4.78 is 10.7. The van der Waals surface area contributed by atoms with E-state index in [2.05, 4.69) is 17.1 Å². The maximum atomic E-state index is 11.8. The van der Waals surface area contributed by atoms with Crippen LogP contribution in [0.25, 0.3) is 0 Å². The van der Waals surface area contributed by atoms with Gasteiger partial charge in [0.25, 0.3) is 5.91 Å². The van der Waals surface area contributed by atoms with E-state index in [1.807, 2.05) is 25.1 Å². The van der Waals surface area contributed by atoms with Gasteiger partial charge in [-0.25, -0.2) is 0 Å². The summed E-state index contributed by atoms with van der Waals surface area (Å²) in [4.78, 5) is 11.8. The fraction of sp³-hybridized carbons (Fsp3) is 0.375. The number of nitrogens with zero attached hydrogens (tertiary/aromatic N) is 2. The molecule has 0 spiro atoms. The number of ether oxygens (including phenoxy) is 2. The highest BCUT2D eigenvalue weighted by Crippen LogP contribution is 2.33. The van der Waals surface area contributed by atoms with E-state index in [0.717, 1.165) is 35.6 Å². The molecule has 0 saturated heterocycles. The lowest BCUT2D eigenvalue weighted by Crippen LogP contribution is -2.28. The van der Waals surface area contributed by atoms with Crippen molar-refractivity contribution in [3.05, 3.63) is 23.8 Å². The molecule has 0 fully saturated rings. The highest BCUT2D eigenvalue weighted by Gasteiger charge is 2.22. The number of benzene rings is 1. The van der Waals surface area contributed by atoms with Gasteiger partial charge in [0.15, 0.2) is 11.5 Å². The molecule has 5 heteroatoms. The number of hydrogen-bond acceptors (Lipinski definition) is 4. The van der Waals surface area contributed by atoms with Crippen LogP contribution in [0.15, 0.2) is 23.3 Å². The molecule has 2 aliphatic heterocycles. The van der Waals surface area contributed by atoms with Crippen molar-refractivity contribution in [3.8, 4) is 23.5 Å². The van der Waals surface area contributed by atoms with Gasteiger partial charge in [-0.2, -0.15) is 10.1 Å². The maximum Gasteiger partial charge on any atom is 0.255 e. The summed E-state index contributed by atoms with van der Waals surface area (Å²) in [6.07, 6.45) is 2.77. The molecule has 0 saturated carbocycles. The molecule has 3 rings (SSSR count). The maximum absolute atomic E-state index is 11.8. The largest absolute Gasteiger partial charge is 0.454 e. The first-order valence-corrected chi connectivity index (χ1v) is 7.07. The van der Waals surface area contributed by atoms with E-state index in [1.165, 1.54) is 5.01 Å². The first-order valence-electron chi connectivity index (χ1n) is 7.07. The smallest absolute Gasteiger partial charge is 0.255 e. The van der Waals surface area contributed by atoms with Crippen LogP contribution >= 0.6 is 0 Å². The predicted molar refractivity (Wildman–Crippen MR) is 77.9 cm³/mol. The van der Waals surface area contributed by atoms with Crippen LogP contribution in [0.5, 0.6) is 11.5 Å². The van der Waals surface area contributed by atoms with Crippen LogP contribution in [-0.4, -0.2) is 23.4 Å². The van der Waals surface area contributed by atoms with Crippen molar-refractivity contribution in [3.63, 3.8) is 0 Å². The zero-order chi connectivity index (χ0) is 14.7. The van der Waals surface area contributed by atoms with Crippen LogP contribution < -0.4 is 9.47 Å². The number of carbonyl (C=O) groups excluding carboxylic acids is 1. The van der Waals surface area contributed by atoms with Gasteiger partial charge in [-0.1, -0.05) is 12.8 Å². The standard InChI is InChI=1S/C16H16N2O3/c1-2-3-4-9-18-16(19)8-6-13(17-18)12-5-7-14-15(10-12)21-11-20-14/h5,7,10H,2-3,6,8,11H2,1H3. The minimum absolute atomic E-state index is 0.0527. The number of unbranched alkanes of at least 4 members (excludes halogenated alkanes) is 1. The summed E-state index contributed by atoms with van der Waals surface area (Å²) in [5.74, 6) is 4.36. The number of amides is 1. The molecule has 0 bridgehead atoms. The van der Waals surface area contributed by atoms with Gasteiger partial charge in [-0.15, -0.1) is 0 Å². The predicted octanol–water partition coefficient (Wildman–Crippen LogP) is 2.50. The van der Waals surface area contributed by atoms with E-state index in [0.29, 0.717) is 12.8 Å². The Balaban J connectivity index is 1.86. The second-order valence-electron chi connectivity index (χ2n) is 4.86. The highest BCUT2D eigenvalue weighted by atomic mass is 16.7. The lowest BCUT2D eigenvalue weighted by molar-refractivity contribution is -0.128. The van der Waals surface area contributed by atoms with Gasteiger partial charge in [0, 0.05) is 30.9 Å². The second-order valence-corrected chi connectivity index (χ2v) is 4.86. The van der Waals surface area contributed by atoms with Gasteiger partial charge in [0.1, 0.15) is 0 Å². The molecule has 1 aromatic carbocycles. The number of carbonyl (C=O) groups is 1. The second kappa shape index (κ2) is 5.88. The third-order valence-corrected chi connectivity index (χ3v) is 3.30. The van der Waals surface area contributed by atoms with Crippen molar-refractivity contribution < 1.29 is 14.3 Å². The molecular formula is C16H16N2O3. The molecular weight excluding hydrogens is 268 g/mol. The fourth-order valence-corrected chi connectivity index (χ4v) is 2.18. The molecule has 0 atom stereocenters. The van der Waals surface area contributed by atoms with E-state index in [-0.39, 0.29) is 12.7 Å². The average Bonchev–Trinajstić information content (AvgIpc) is 2.97. The lowest BCUT2D eigenvalue weighted by Gasteiger charge is -2.18. The molecule has 21 heavy (non-hydrogen) atoms. The molecule has 0 aliphatic carbocycles. The average molecular weight is 284 g/mol. The minimum atomic E-state index is -0.0527. The Morgan fingerprint density at radius 1 is 1.29 bits per heavy atom. The van der Waals surface area contributed by atoms with Crippen molar-refractivity contribution in [1.82, 2.24) is 5.01 Å². The molecule has 0 N–H and O–H groups in total. The Morgan fingerprint density at radius 3 is 3.00 bits per heavy atom. The molecule has 0 radical (unpaired) electrons. The van der Waals surface area contributed by atoms with E-state index in [1.54, 1.807) is 0 Å². The summed E-state index contributed by atoms with van der Waals surface area (Å²) in [7, 11) is 0. The van der Waals surface area contributed by atoms with E-state index >= 15 is 0 Å². The van der Waals surface area contributed by atoms with Gasteiger partial charge in [-0.05, 0) is 24.6 Å². The number of hydrogen-bond donors (Lipinski definition) is 0. The Labute approximate surface area is 123 Å². The normalized spacial score (nSPS) is 16.3. The third kappa shape index (κ3) is 2.84. The number of hydrazone groups is 1. The quantitative estimate of drug-likeness (QED) is 0.784. The lowest BCUT2D eigenvalue weighted by atomic mass is 10.0. The summed E-state index contributed by atoms with van der Waals surface area (Å²) in [5, 5.41) is 5.62. The minimum Gasteiger partial charge on any atom is -0.454 e. The Morgan fingerprint density at radius 2 is 2.14 bits per heavy atom. The topological polar surface area (TPSA) is 51.1 Å². The van der Waals surface area contributed by atoms with E-state index < -0.39 is 0 Å². The summed E-state index contributed by atoms with van der Waals surface area (Å²) in [6.45, 7) is 2.30. The van der Waals surface area contributed by atoms with Crippen molar-refractivity contribution in [2.45, 2.75) is 32.6 Å². The van der Waals surface area contributed by atoms with Gasteiger partial charge in [0.2, 0.25) is 6.79 Å². The van der Waals surface area contributed by atoms with Gasteiger partial charge < -0.3 is 9.47 Å². The molecule has 0 unspecified atom stereocenters. The molecule has 108 valence electrons. The van der Waals surface area contributed by atoms with Crippen molar-refractivity contribution >= 4 is 11.6 Å². The molecule has 1 aromatic rings. The zero-order valence-corrected chi connectivity index (χ0v) is 11.9. The highest BCUT2D eigenvalue weighted by molar-refractivity contribution is 6.04. The Kier molecular flexibility index (Phi) is 3.78. The Hall–Kier alpha value is -2.48. The Bertz CT molecular complexity index is 655. The molecule has 0 aromatic heterocycles. The summed E-state index contributed by atoms with van der Waals surface area (Å²) in [6, 6.07) is 8.51. The first-order chi connectivity index (χ1) is 10.3. The van der Waals surface area contributed by atoms with Crippen LogP contribution in [0.3, 0.4) is 0 Å². The molecule has 5 nitrogen and oxygen atoms in total. The third-order valence-electron chi connectivity index (χ3n) is 3.30. The van der Waals surface area contributed by atoms with Crippen LogP contribution in [0.2, 0.25) is 0 Å². The van der Waals surface area contributed by atoms with Crippen LogP contribution in [0.4, 0.5) is 0 Å². The van der Waals surface area contributed by atoms with E-state index in [9.17, 15) is 4.79 Å². The van der Waals surface area contributed by atoms with E-state index in [4.69, 9.17) is 9.47 Å². The summed E-state index contributed by atoms with van der Waals surface area (Å²) >= 11 is 0. The first kappa shape index (κ1) is 13.5. The van der Waals surface area contributed by atoms with Crippen molar-refractivity contribution in [1.29, 1.82) is 0 Å². The SMILES string of the molecule is CCCC#CN1N=C(c2ccc3c(c2)OCO3)CCC1=O. The summed E-state index contributed by atoms with van der Waals surface area (Å²) in [5.41, 5.74) is 1.78. The monoisotopic (exact) mass is 284 g/mol. The van der Waals surface area contributed by atoms with Crippen LogP contribution in [0.1, 0.15) is 38.2 Å². The van der Waals surface area contributed by atoms with Crippen molar-refractivity contribution in [2.24, 2.45) is 5.10 Å². The van der Waals surface area contributed by atoms with Crippen molar-refractivity contribution in [2.75, 3.05) is 6.79 Å². The van der Waals surface area contributed by atoms with Gasteiger partial charge in [0.05, 0.1) is 5.71 Å². The fourth-order valence-electron chi connectivity index (χ4n) is 2.18. The number of rotatable bonds is 2. The van der Waals surface area contributed by atoms with Gasteiger partial charge in [-0.3, -0.25) is 4.79 Å². The number of fused-ring (bicyclic) bond motifs is 1. The van der Waals surface area contributed by atoms with Crippen LogP contribution in [-0.2, 0) is 4.79 Å². The van der Waals surface area contributed by atoms with Crippen LogP contribution in [0, 0.1) is 12.0 Å². The molecule has 1 amide bonds.